The fourth-order valence-corrected chi connectivity index (χ4v) is 2.17. The number of hydrogen-bond donors (Lipinski definition) is 1. The van der Waals surface area contributed by atoms with Crippen LogP contribution in [0.1, 0.15) is 30.6 Å². The molecule has 0 saturated carbocycles. The van der Waals surface area contributed by atoms with E-state index in [4.69, 9.17) is 0 Å². The Kier molecular flexibility index (Phi) is 3.78. The van der Waals surface area contributed by atoms with Crippen LogP contribution in [0.3, 0.4) is 0 Å². The first-order valence-electron chi connectivity index (χ1n) is 6.24. The monoisotopic (exact) mass is 236 g/mol. The van der Waals surface area contributed by atoms with Crippen LogP contribution in [-0.4, -0.2) is 58.1 Å². The molecule has 0 aromatic carbocycles. The second-order valence-electron chi connectivity index (χ2n) is 4.57. The second-order valence-corrected chi connectivity index (χ2v) is 4.57. The Bertz CT molecular complexity index is 355. The summed E-state index contributed by atoms with van der Waals surface area (Å²) in [5.41, 5.74) is 0.655. The lowest BCUT2D eigenvalue weighted by molar-refractivity contribution is 0.0580. The van der Waals surface area contributed by atoms with Gasteiger partial charge in [0, 0.05) is 38.4 Å². The number of rotatable bonds is 3. The fourth-order valence-electron chi connectivity index (χ4n) is 2.17. The summed E-state index contributed by atoms with van der Waals surface area (Å²) in [6, 6.07) is 0.612. The van der Waals surface area contributed by atoms with E-state index in [-0.39, 0.29) is 5.91 Å². The minimum absolute atomic E-state index is 0.0857. The molecule has 1 fully saturated rings. The molecule has 1 N–H and O–H groups in total. The van der Waals surface area contributed by atoms with E-state index in [9.17, 15) is 4.79 Å². The predicted octanol–water partition coefficient (Wildman–Crippen LogP) is 0.966. The van der Waals surface area contributed by atoms with Gasteiger partial charge in [-0.15, -0.1) is 0 Å². The van der Waals surface area contributed by atoms with Crippen molar-refractivity contribution in [2.45, 2.75) is 26.3 Å². The van der Waals surface area contributed by atoms with Crippen molar-refractivity contribution in [1.82, 2.24) is 20.0 Å². The zero-order chi connectivity index (χ0) is 12.3. The van der Waals surface area contributed by atoms with E-state index in [0.717, 1.165) is 32.6 Å². The van der Waals surface area contributed by atoms with E-state index in [1.807, 2.05) is 4.90 Å². The van der Waals surface area contributed by atoms with Gasteiger partial charge in [-0.2, -0.15) is 5.10 Å². The van der Waals surface area contributed by atoms with Crippen LogP contribution in [0.5, 0.6) is 0 Å². The number of hydrogen-bond acceptors (Lipinski definition) is 3. The van der Waals surface area contributed by atoms with E-state index in [2.05, 4.69) is 28.9 Å². The highest BCUT2D eigenvalue weighted by Gasteiger charge is 2.24. The van der Waals surface area contributed by atoms with Crippen molar-refractivity contribution in [1.29, 1.82) is 0 Å². The van der Waals surface area contributed by atoms with Crippen LogP contribution >= 0.6 is 0 Å². The molecule has 2 heterocycles. The quantitative estimate of drug-likeness (QED) is 0.850. The molecule has 1 saturated heterocycles. The molecule has 5 nitrogen and oxygen atoms in total. The highest BCUT2D eigenvalue weighted by Crippen LogP contribution is 2.11. The van der Waals surface area contributed by atoms with Crippen LogP contribution in [0.15, 0.2) is 12.4 Å². The Morgan fingerprint density at radius 3 is 2.71 bits per heavy atom. The summed E-state index contributed by atoms with van der Waals surface area (Å²) in [5, 5.41) is 6.49. The average Bonchev–Trinajstić information content (AvgIpc) is 2.91. The van der Waals surface area contributed by atoms with Gasteiger partial charge in [-0.25, -0.2) is 0 Å². The minimum atomic E-state index is 0.0857. The third-order valence-corrected chi connectivity index (χ3v) is 3.56. The lowest BCUT2D eigenvalue weighted by Gasteiger charge is -2.37. The molecule has 1 unspecified atom stereocenters. The Balaban J connectivity index is 1.89. The Morgan fingerprint density at radius 1 is 1.47 bits per heavy atom. The van der Waals surface area contributed by atoms with Gasteiger partial charge >= 0.3 is 0 Å². The molecular weight excluding hydrogens is 216 g/mol. The summed E-state index contributed by atoms with van der Waals surface area (Å²) in [7, 11) is 0. The molecule has 17 heavy (non-hydrogen) atoms. The highest BCUT2D eigenvalue weighted by atomic mass is 16.2. The van der Waals surface area contributed by atoms with E-state index >= 15 is 0 Å². The van der Waals surface area contributed by atoms with Gasteiger partial charge in [0.2, 0.25) is 0 Å². The zero-order valence-electron chi connectivity index (χ0n) is 10.5. The van der Waals surface area contributed by atoms with Crippen molar-refractivity contribution in [3.63, 3.8) is 0 Å². The summed E-state index contributed by atoms with van der Waals surface area (Å²) in [6.45, 7) is 8.02. The number of carbonyl (C=O) groups excluding carboxylic acids is 1. The lowest BCUT2D eigenvalue weighted by atomic mass is 10.2. The van der Waals surface area contributed by atoms with Gasteiger partial charge in [0.1, 0.15) is 0 Å². The van der Waals surface area contributed by atoms with Gasteiger partial charge in [-0.1, -0.05) is 6.92 Å². The third-order valence-electron chi connectivity index (χ3n) is 3.56. The van der Waals surface area contributed by atoms with E-state index in [1.165, 1.54) is 0 Å². The maximum Gasteiger partial charge on any atom is 0.257 e. The van der Waals surface area contributed by atoms with Crippen molar-refractivity contribution < 1.29 is 4.79 Å². The summed E-state index contributed by atoms with van der Waals surface area (Å²) >= 11 is 0. The standard InChI is InChI=1S/C12H20N4O/c1-3-10(2)15-4-6-16(7-5-15)12(17)11-8-13-14-9-11/h8-10H,3-7H2,1-2H3,(H,13,14). The van der Waals surface area contributed by atoms with Gasteiger partial charge in [0.25, 0.3) is 5.91 Å². The number of aromatic amines is 1. The first-order chi connectivity index (χ1) is 8.22. The molecule has 1 atom stereocenters. The third kappa shape index (κ3) is 2.66. The van der Waals surface area contributed by atoms with Gasteiger partial charge in [0.05, 0.1) is 11.8 Å². The molecular formula is C12H20N4O. The van der Waals surface area contributed by atoms with Crippen LogP contribution < -0.4 is 0 Å². The van der Waals surface area contributed by atoms with E-state index < -0.39 is 0 Å². The van der Waals surface area contributed by atoms with Crippen LogP contribution in [0.4, 0.5) is 0 Å². The predicted molar refractivity (Wildman–Crippen MR) is 65.8 cm³/mol. The molecule has 0 aliphatic carbocycles. The second kappa shape index (κ2) is 5.31. The molecule has 2 rings (SSSR count). The molecule has 1 aromatic rings. The molecule has 94 valence electrons. The van der Waals surface area contributed by atoms with E-state index in [1.54, 1.807) is 12.4 Å². The van der Waals surface area contributed by atoms with Gasteiger partial charge < -0.3 is 4.90 Å². The maximum atomic E-state index is 12.1. The van der Waals surface area contributed by atoms with Crippen molar-refractivity contribution in [2.75, 3.05) is 26.2 Å². The number of nitrogens with one attached hydrogen (secondary N) is 1. The molecule has 0 spiro atoms. The molecule has 1 aliphatic heterocycles. The number of H-pyrrole nitrogens is 1. The van der Waals surface area contributed by atoms with Gasteiger partial charge in [-0.3, -0.25) is 14.8 Å². The van der Waals surface area contributed by atoms with Gasteiger partial charge in [0.15, 0.2) is 0 Å². The number of amides is 1. The summed E-state index contributed by atoms with van der Waals surface area (Å²) in [5.74, 6) is 0.0857. The fraction of sp³-hybridized carbons (Fsp3) is 0.667. The first kappa shape index (κ1) is 12.1. The Morgan fingerprint density at radius 2 is 2.18 bits per heavy atom. The first-order valence-corrected chi connectivity index (χ1v) is 6.24. The number of piperazine rings is 1. The largest absolute Gasteiger partial charge is 0.336 e. The smallest absolute Gasteiger partial charge is 0.257 e. The Hall–Kier alpha value is -1.36. The van der Waals surface area contributed by atoms with Crippen LogP contribution in [0.2, 0.25) is 0 Å². The minimum Gasteiger partial charge on any atom is -0.336 e. The molecule has 0 bridgehead atoms. The van der Waals surface area contributed by atoms with Crippen molar-refractivity contribution >= 4 is 5.91 Å². The zero-order valence-corrected chi connectivity index (χ0v) is 10.5. The molecule has 1 amide bonds. The molecule has 1 aromatic heterocycles. The van der Waals surface area contributed by atoms with E-state index in [0.29, 0.717) is 11.6 Å². The van der Waals surface area contributed by atoms with Crippen LogP contribution in [0.25, 0.3) is 0 Å². The van der Waals surface area contributed by atoms with Crippen LogP contribution in [-0.2, 0) is 0 Å². The van der Waals surface area contributed by atoms with Crippen LogP contribution in [0, 0.1) is 0 Å². The Labute approximate surface area is 102 Å². The average molecular weight is 236 g/mol. The summed E-state index contributed by atoms with van der Waals surface area (Å²) in [6.07, 6.45) is 4.41. The lowest BCUT2D eigenvalue weighted by Crippen LogP contribution is -2.51. The molecule has 1 aliphatic rings. The highest BCUT2D eigenvalue weighted by molar-refractivity contribution is 5.93. The summed E-state index contributed by atoms with van der Waals surface area (Å²) in [4.78, 5) is 16.4. The van der Waals surface area contributed by atoms with Crippen molar-refractivity contribution in [3.05, 3.63) is 18.0 Å². The normalized spacial score (nSPS) is 19.3. The summed E-state index contributed by atoms with van der Waals surface area (Å²) < 4.78 is 0. The molecule has 0 radical (unpaired) electrons. The number of carbonyl (C=O) groups is 1. The number of aromatic nitrogens is 2. The van der Waals surface area contributed by atoms with Gasteiger partial charge in [-0.05, 0) is 13.3 Å². The van der Waals surface area contributed by atoms with Crippen molar-refractivity contribution in [3.8, 4) is 0 Å². The molecule has 5 heteroatoms. The topological polar surface area (TPSA) is 52.2 Å². The van der Waals surface area contributed by atoms with Crippen molar-refractivity contribution in [2.24, 2.45) is 0 Å². The maximum absolute atomic E-state index is 12.1. The SMILES string of the molecule is CCC(C)N1CCN(C(=O)c2cn[nH]c2)CC1. The number of nitrogens with zero attached hydrogens (tertiary/aromatic N) is 3.